The molecule has 1 aliphatic rings. The quantitative estimate of drug-likeness (QED) is 0.596. The lowest BCUT2D eigenvalue weighted by atomic mass is 10.0. The van der Waals surface area contributed by atoms with Crippen LogP contribution in [0.3, 0.4) is 0 Å². The third kappa shape index (κ3) is 4.87. The van der Waals surface area contributed by atoms with Crippen LogP contribution in [0, 0.1) is 0 Å². The monoisotopic (exact) mass is 433 g/mol. The molecule has 166 valence electrons. The van der Waals surface area contributed by atoms with Crippen molar-refractivity contribution in [1.82, 2.24) is 14.5 Å². The van der Waals surface area contributed by atoms with Crippen molar-refractivity contribution in [3.8, 4) is 0 Å². The third-order valence-electron chi connectivity index (χ3n) is 5.75. The van der Waals surface area contributed by atoms with Crippen LogP contribution in [0.1, 0.15) is 44.9 Å². The molecule has 2 aromatic carbocycles. The summed E-state index contributed by atoms with van der Waals surface area (Å²) in [6, 6.07) is 17.4. The summed E-state index contributed by atoms with van der Waals surface area (Å²) in [4.78, 5) is 31.5. The maximum absolute atomic E-state index is 12.8. The number of nitrogens with two attached hydrogens (primary N) is 1. The van der Waals surface area contributed by atoms with Crippen molar-refractivity contribution in [1.29, 1.82) is 0 Å². The molecule has 1 aromatic heterocycles. The highest BCUT2D eigenvalue weighted by molar-refractivity contribution is 6.07. The summed E-state index contributed by atoms with van der Waals surface area (Å²) >= 11 is 0. The molecular weight excluding hydrogens is 406 g/mol. The molecule has 2 heterocycles. The van der Waals surface area contributed by atoms with E-state index in [9.17, 15) is 9.59 Å². The summed E-state index contributed by atoms with van der Waals surface area (Å²) in [7, 11) is 0. The fourth-order valence-electron chi connectivity index (χ4n) is 3.90. The van der Waals surface area contributed by atoms with E-state index in [-0.39, 0.29) is 23.5 Å². The van der Waals surface area contributed by atoms with E-state index in [2.05, 4.69) is 22.1 Å². The summed E-state index contributed by atoms with van der Waals surface area (Å²) in [6.07, 6.45) is 1.51. The number of hydrogen-bond acceptors (Lipinski definition) is 5. The predicted octanol–water partition coefficient (Wildman–Crippen LogP) is 2.68. The Morgan fingerprint density at radius 1 is 1.09 bits per heavy atom. The van der Waals surface area contributed by atoms with Gasteiger partial charge in [-0.15, -0.1) is 0 Å². The predicted molar refractivity (Wildman–Crippen MR) is 121 cm³/mol. The first-order valence-electron chi connectivity index (χ1n) is 10.6. The number of carbonyl (C=O) groups is 2. The van der Waals surface area contributed by atoms with Gasteiger partial charge in [-0.3, -0.25) is 14.5 Å². The van der Waals surface area contributed by atoms with Crippen LogP contribution >= 0.6 is 0 Å². The number of morpholine rings is 1. The zero-order valence-corrected chi connectivity index (χ0v) is 18.0. The second-order valence-corrected chi connectivity index (χ2v) is 7.82. The number of imidazole rings is 1. The molecule has 1 fully saturated rings. The van der Waals surface area contributed by atoms with Crippen LogP contribution in [0.5, 0.6) is 0 Å². The summed E-state index contributed by atoms with van der Waals surface area (Å²) in [6.45, 7) is 5.85. The maximum Gasteiger partial charge on any atom is 0.269 e. The summed E-state index contributed by atoms with van der Waals surface area (Å²) < 4.78 is 7.06. The molecular formula is C24H27N5O3. The molecule has 4 rings (SSSR count). The van der Waals surface area contributed by atoms with Gasteiger partial charge in [0.1, 0.15) is 0 Å². The van der Waals surface area contributed by atoms with Gasteiger partial charge in [0, 0.05) is 31.2 Å². The zero-order valence-electron chi connectivity index (χ0n) is 18.0. The molecule has 2 amide bonds. The van der Waals surface area contributed by atoms with Crippen molar-refractivity contribution in [3.05, 3.63) is 83.3 Å². The maximum atomic E-state index is 12.8. The highest BCUT2D eigenvalue weighted by Gasteiger charge is 2.21. The molecule has 0 bridgehead atoms. The lowest BCUT2D eigenvalue weighted by molar-refractivity contribution is 0.0198. The Morgan fingerprint density at radius 3 is 2.44 bits per heavy atom. The number of hydrogen-bond donors (Lipinski definition) is 2. The second-order valence-electron chi connectivity index (χ2n) is 7.82. The number of primary amides is 1. The van der Waals surface area contributed by atoms with Crippen molar-refractivity contribution >= 4 is 17.6 Å². The summed E-state index contributed by atoms with van der Waals surface area (Å²) in [5.41, 5.74) is 8.36. The van der Waals surface area contributed by atoms with Crippen LogP contribution in [0.2, 0.25) is 0 Å². The molecule has 32 heavy (non-hydrogen) atoms. The van der Waals surface area contributed by atoms with Gasteiger partial charge in [0.05, 0.1) is 19.5 Å². The molecule has 0 aliphatic carbocycles. The third-order valence-corrected chi connectivity index (χ3v) is 5.75. The van der Waals surface area contributed by atoms with Crippen LogP contribution in [-0.2, 0) is 11.3 Å². The number of ether oxygens (including phenoxy) is 1. The Balaban J connectivity index is 1.47. The Bertz CT molecular complexity index is 1070. The molecule has 0 spiro atoms. The van der Waals surface area contributed by atoms with E-state index >= 15 is 0 Å². The Kier molecular flexibility index (Phi) is 6.63. The Labute approximate surface area is 187 Å². The van der Waals surface area contributed by atoms with Gasteiger partial charge in [-0.25, -0.2) is 4.98 Å². The summed E-state index contributed by atoms with van der Waals surface area (Å²) in [5.74, 6) is -0.837. The average Bonchev–Trinajstić information content (AvgIpc) is 3.22. The van der Waals surface area contributed by atoms with Gasteiger partial charge in [0.25, 0.3) is 11.8 Å². The van der Waals surface area contributed by atoms with Crippen LogP contribution in [0.25, 0.3) is 0 Å². The van der Waals surface area contributed by atoms with E-state index in [0.717, 1.165) is 37.4 Å². The van der Waals surface area contributed by atoms with Crippen molar-refractivity contribution in [3.63, 3.8) is 0 Å². The zero-order chi connectivity index (χ0) is 22.5. The molecule has 1 unspecified atom stereocenters. The minimum absolute atomic E-state index is 0.157. The van der Waals surface area contributed by atoms with E-state index in [0.29, 0.717) is 12.1 Å². The van der Waals surface area contributed by atoms with Crippen molar-refractivity contribution in [2.45, 2.75) is 19.5 Å². The molecule has 8 nitrogen and oxygen atoms in total. The Morgan fingerprint density at radius 2 is 1.78 bits per heavy atom. The van der Waals surface area contributed by atoms with E-state index < -0.39 is 5.91 Å². The number of anilines is 1. The largest absolute Gasteiger partial charge is 0.379 e. The molecule has 0 radical (unpaired) electrons. The minimum Gasteiger partial charge on any atom is -0.379 e. The molecule has 3 aromatic rings. The minimum atomic E-state index is -0.650. The first-order chi connectivity index (χ1) is 15.5. The molecule has 1 atom stereocenters. The fraction of sp³-hybridized carbons (Fsp3) is 0.292. The van der Waals surface area contributed by atoms with Crippen molar-refractivity contribution in [2.24, 2.45) is 5.73 Å². The highest BCUT2D eigenvalue weighted by Crippen LogP contribution is 2.22. The van der Waals surface area contributed by atoms with Crippen LogP contribution in [0.15, 0.2) is 60.9 Å². The van der Waals surface area contributed by atoms with Gasteiger partial charge >= 0.3 is 0 Å². The van der Waals surface area contributed by atoms with Crippen LogP contribution in [0.4, 0.5) is 5.82 Å². The first-order valence-corrected chi connectivity index (χ1v) is 10.6. The lowest BCUT2D eigenvalue weighted by Crippen LogP contribution is -2.38. The number of benzene rings is 2. The van der Waals surface area contributed by atoms with Gasteiger partial charge in [0.15, 0.2) is 11.5 Å². The number of nitrogens with one attached hydrogen (secondary N) is 1. The average molecular weight is 434 g/mol. The summed E-state index contributed by atoms with van der Waals surface area (Å²) in [5, 5.41) is 2.73. The van der Waals surface area contributed by atoms with E-state index in [1.54, 1.807) is 16.7 Å². The van der Waals surface area contributed by atoms with Crippen LogP contribution in [-0.4, -0.2) is 52.6 Å². The second kappa shape index (κ2) is 9.76. The first kappa shape index (κ1) is 21.7. The van der Waals surface area contributed by atoms with E-state index in [4.69, 9.17) is 10.5 Å². The normalized spacial score (nSPS) is 15.3. The fourth-order valence-corrected chi connectivity index (χ4v) is 3.90. The Hall–Kier alpha value is -3.49. The highest BCUT2D eigenvalue weighted by atomic mass is 16.5. The number of rotatable bonds is 7. The van der Waals surface area contributed by atoms with Crippen LogP contribution < -0.4 is 11.1 Å². The number of aromatic nitrogens is 2. The van der Waals surface area contributed by atoms with Gasteiger partial charge in [-0.05, 0) is 30.2 Å². The van der Waals surface area contributed by atoms with E-state index in [1.807, 2.05) is 42.5 Å². The molecule has 1 saturated heterocycles. The molecule has 8 heteroatoms. The van der Waals surface area contributed by atoms with E-state index in [1.165, 1.54) is 6.33 Å². The standard InChI is InChI=1S/C24H27N5O3/c1-17(28-11-13-32-14-12-28)19-7-9-20(10-8-19)24(31)27-23-21(22(25)30)29(16-26-23)15-18-5-3-2-4-6-18/h2-10,16-17H,11-15H2,1H3,(H2,25,30)(H,27,31). The van der Waals surface area contributed by atoms with Crippen molar-refractivity contribution < 1.29 is 14.3 Å². The molecule has 0 saturated carbocycles. The van der Waals surface area contributed by atoms with Crippen molar-refractivity contribution in [2.75, 3.05) is 31.6 Å². The van der Waals surface area contributed by atoms with Gasteiger partial charge in [-0.2, -0.15) is 0 Å². The SMILES string of the molecule is CC(c1ccc(C(=O)Nc2ncn(Cc3ccccc3)c2C(N)=O)cc1)N1CCOCC1. The van der Waals surface area contributed by atoms with Gasteiger partial charge in [0.2, 0.25) is 0 Å². The topological polar surface area (TPSA) is 102 Å². The smallest absolute Gasteiger partial charge is 0.269 e. The number of carbonyl (C=O) groups excluding carboxylic acids is 2. The number of amides is 2. The number of nitrogens with zero attached hydrogens (tertiary/aromatic N) is 3. The lowest BCUT2D eigenvalue weighted by Gasteiger charge is -2.32. The molecule has 3 N–H and O–H groups in total. The van der Waals surface area contributed by atoms with Gasteiger partial charge < -0.3 is 20.4 Å². The van der Waals surface area contributed by atoms with Gasteiger partial charge in [-0.1, -0.05) is 42.5 Å². The molecule has 1 aliphatic heterocycles.